The molecule has 1 aromatic heterocycles. The first kappa shape index (κ1) is 10.4. The molecule has 2 rings (SSSR count). The summed E-state index contributed by atoms with van der Waals surface area (Å²) in [6.45, 7) is -0.0277. The van der Waals surface area contributed by atoms with E-state index < -0.39 is 11.9 Å². The van der Waals surface area contributed by atoms with Crippen molar-refractivity contribution in [3.05, 3.63) is 29.6 Å². The van der Waals surface area contributed by atoms with Gasteiger partial charge in [-0.1, -0.05) is 6.07 Å². The molecule has 0 atom stereocenters. The standard InChI is InChI=1S/C10H10F3NO/c11-10(12,13)8-2-1-7(5-14-8)9(6-15)3-4-9/h1-2,5,15H,3-4,6H2. The minimum absolute atomic E-state index is 0.0277. The van der Waals surface area contributed by atoms with E-state index in [0.717, 1.165) is 18.9 Å². The third kappa shape index (κ3) is 1.84. The van der Waals surface area contributed by atoms with E-state index in [1.165, 1.54) is 12.3 Å². The van der Waals surface area contributed by atoms with Crippen molar-refractivity contribution in [1.82, 2.24) is 4.98 Å². The molecule has 0 aliphatic heterocycles. The highest BCUT2D eigenvalue weighted by Crippen LogP contribution is 2.47. The van der Waals surface area contributed by atoms with Crippen LogP contribution in [0.4, 0.5) is 13.2 Å². The average molecular weight is 217 g/mol. The van der Waals surface area contributed by atoms with Crippen LogP contribution in [0.25, 0.3) is 0 Å². The molecule has 1 heterocycles. The minimum Gasteiger partial charge on any atom is -0.395 e. The number of alkyl halides is 3. The summed E-state index contributed by atoms with van der Waals surface area (Å²) < 4.78 is 36.6. The van der Waals surface area contributed by atoms with Crippen molar-refractivity contribution < 1.29 is 18.3 Å². The fourth-order valence-electron chi connectivity index (χ4n) is 1.56. The molecule has 1 aromatic rings. The van der Waals surface area contributed by atoms with Crippen LogP contribution >= 0.6 is 0 Å². The summed E-state index contributed by atoms with van der Waals surface area (Å²) >= 11 is 0. The normalized spacial score (nSPS) is 18.9. The van der Waals surface area contributed by atoms with Gasteiger partial charge in [0.25, 0.3) is 0 Å². The van der Waals surface area contributed by atoms with E-state index in [1.807, 2.05) is 0 Å². The molecule has 2 nitrogen and oxygen atoms in total. The zero-order valence-corrected chi connectivity index (χ0v) is 7.88. The van der Waals surface area contributed by atoms with Gasteiger partial charge in [-0.3, -0.25) is 4.98 Å². The molecule has 1 N–H and O–H groups in total. The summed E-state index contributed by atoms with van der Waals surface area (Å²) in [5.74, 6) is 0. The quantitative estimate of drug-likeness (QED) is 0.823. The van der Waals surface area contributed by atoms with Crippen LogP contribution in [0.3, 0.4) is 0 Å². The van der Waals surface area contributed by atoms with Crippen molar-refractivity contribution in [2.75, 3.05) is 6.61 Å². The molecule has 1 aliphatic rings. The van der Waals surface area contributed by atoms with Crippen LogP contribution in [-0.4, -0.2) is 16.7 Å². The Morgan fingerprint density at radius 3 is 2.33 bits per heavy atom. The molecule has 5 heteroatoms. The van der Waals surface area contributed by atoms with Crippen LogP contribution in [0.15, 0.2) is 18.3 Å². The number of hydrogen-bond acceptors (Lipinski definition) is 2. The van der Waals surface area contributed by atoms with Crippen molar-refractivity contribution in [3.8, 4) is 0 Å². The maximum atomic E-state index is 12.2. The molecule has 0 bridgehead atoms. The first-order valence-electron chi connectivity index (χ1n) is 4.62. The number of halogens is 3. The van der Waals surface area contributed by atoms with E-state index in [9.17, 15) is 13.2 Å². The predicted molar refractivity (Wildman–Crippen MR) is 47.2 cm³/mol. The van der Waals surface area contributed by atoms with Crippen molar-refractivity contribution >= 4 is 0 Å². The maximum absolute atomic E-state index is 12.2. The molecular formula is C10H10F3NO. The summed E-state index contributed by atoms with van der Waals surface area (Å²) in [5, 5.41) is 9.09. The molecule has 0 amide bonds. The fraction of sp³-hybridized carbons (Fsp3) is 0.500. The summed E-state index contributed by atoms with van der Waals surface area (Å²) in [6.07, 6.45) is -1.55. The van der Waals surface area contributed by atoms with E-state index in [2.05, 4.69) is 4.98 Å². The van der Waals surface area contributed by atoms with Gasteiger partial charge in [0, 0.05) is 11.6 Å². The van der Waals surface area contributed by atoms with Gasteiger partial charge in [0.1, 0.15) is 5.69 Å². The summed E-state index contributed by atoms with van der Waals surface area (Å²) in [5.41, 5.74) is -0.519. The lowest BCUT2D eigenvalue weighted by molar-refractivity contribution is -0.141. The van der Waals surface area contributed by atoms with Gasteiger partial charge in [-0.2, -0.15) is 13.2 Å². The lowest BCUT2D eigenvalue weighted by atomic mass is 9.99. The molecular weight excluding hydrogens is 207 g/mol. The Morgan fingerprint density at radius 2 is 2.00 bits per heavy atom. The SMILES string of the molecule is OCC1(c2ccc(C(F)(F)F)nc2)CC1. The Morgan fingerprint density at radius 1 is 1.33 bits per heavy atom. The minimum atomic E-state index is -4.39. The third-order valence-electron chi connectivity index (χ3n) is 2.82. The van der Waals surface area contributed by atoms with Gasteiger partial charge in [-0.25, -0.2) is 0 Å². The zero-order chi connectivity index (χ0) is 11.1. The van der Waals surface area contributed by atoms with E-state index in [4.69, 9.17) is 5.11 Å². The monoisotopic (exact) mass is 217 g/mol. The van der Waals surface area contributed by atoms with Gasteiger partial charge in [-0.15, -0.1) is 0 Å². The van der Waals surface area contributed by atoms with Crippen LogP contribution in [-0.2, 0) is 11.6 Å². The van der Waals surface area contributed by atoms with E-state index >= 15 is 0 Å². The number of aromatic nitrogens is 1. The number of aliphatic hydroxyl groups excluding tert-OH is 1. The Kier molecular flexibility index (Phi) is 2.22. The Labute approximate surface area is 84.8 Å². The number of aliphatic hydroxyl groups is 1. The molecule has 0 saturated heterocycles. The predicted octanol–water partition coefficient (Wildman–Crippen LogP) is 2.12. The van der Waals surface area contributed by atoms with Gasteiger partial charge in [0.05, 0.1) is 6.61 Å². The average Bonchev–Trinajstić information content (AvgIpc) is 2.97. The number of hydrogen-bond donors (Lipinski definition) is 1. The molecule has 0 aromatic carbocycles. The Hall–Kier alpha value is -1.10. The number of pyridine rings is 1. The molecule has 82 valence electrons. The van der Waals surface area contributed by atoms with Crippen molar-refractivity contribution in [2.24, 2.45) is 0 Å². The first-order valence-corrected chi connectivity index (χ1v) is 4.62. The molecule has 0 spiro atoms. The van der Waals surface area contributed by atoms with Gasteiger partial charge >= 0.3 is 6.18 Å². The molecule has 1 saturated carbocycles. The smallest absolute Gasteiger partial charge is 0.395 e. The van der Waals surface area contributed by atoms with Crippen LogP contribution in [0.1, 0.15) is 24.1 Å². The topological polar surface area (TPSA) is 33.1 Å². The maximum Gasteiger partial charge on any atom is 0.433 e. The second kappa shape index (κ2) is 3.20. The van der Waals surface area contributed by atoms with E-state index in [0.29, 0.717) is 5.56 Å². The van der Waals surface area contributed by atoms with E-state index in [-0.39, 0.29) is 12.0 Å². The summed E-state index contributed by atoms with van der Waals surface area (Å²) in [6, 6.07) is 2.37. The second-order valence-corrected chi connectivity index (χ2v) is 3.87. The van der Waals surface area contributed by atoms with E-state index in [1.54, 1.807) is 0 Å². The van der Waals surface area contributed by atoms with Crippen molar-refractivity contribution in [2.45, 2.75) is 24.4 Å². The molecule has 1 aliphatic carbocycles. The van der Waals surface area contributed by atoms with Crippen LogP contribution in [0.5, 0.6) is 0 Å². The van der Waals surface area contributed by atoms with Gasteiger partial charge in [0.15, 0.2) is 0 Å². The van der Waals surface area contributed by atoms with Gasteiger partial charge in [0.2, 0.25) is 0 Å². The lowest BCUT2D eigenvalue weighted by Gasteiger charge is -2.12. The highest BCUT2D eigenvalue weighted by Gasteiger charge is 2.44. The summed E-state index contributed by atoms with van der Waals surface area (Å²) in [7, 11) is 0. The Bertz CT molecular complexity index is 354. The highest BCUT2D eigenvalue weighted by molar-refractivity contribution is 5.30. The molecule has 15 heavy (non-hydrogen) atoms. The van der Waals surface area contributed by atoms with Gasteiger partial charge < -0.3 is 5.11 Å². The Balaban J connectivity index is 2.25. The van der Waals surface area contributed by atoms with Crippen LogP contribution in [0.2, 0.25) is 0 Å². The number of rotatable bonds is 2. The number of nitrogens with zero attached hydrogens (tertiary/aromatic N) is 1. The fourth-order valence-corrected chi connectivity index (χ4v) is 1.56. The van der Waals surface area contributed by atoms with Crippen LogP contribution in [0, 0.1) is 0 Å². The molecule has 0 radical (unpaired) electrons. The first-order chi connectivity index (χ1) is 6.98. The van der Waals surface area contributed by atoms with Crippen molar-refractivity contribution in [3.63, 3.8) is 0 Å². The van der Waals surface area contributed by atoms with Crippen molar-refractivity contribution in [1.29, 1.82) is 0 Å². The third-order valence-corrected chi connectivity index (χ3v) is 2.82. The van der Waals surface area contributed by atoms with Crippen LogP contribution < -0.4 is 0 Å². The molecule has 1 fully saturated rings. The second-order valence-electron chi connectivity index (χ2n) is 3.87. The largest absolute Gasteiger partial charge is 0.433 e. The van der Waals surface area contributed by atoms with Gasteiger partial charge in [-0.05, 0) is 24.5 Å². The highest BCUT2D eigenvalue weighted by atomic mass is 19.4. The molecule has 0 unspecified atom stereocenters. The zero-order valence-electron chi connectivity index (χ0n) is 7.88. The lowest BCUT2D eigenvalue weighted by Crippen LogP contribution is -2.14. The summed E-state index contributed by atoms with van der Waals surface area (Å²) in [4.78, 5) is 3.37.